The first-order valence-corrected chi connectivity index (χ1v) is 28.3. The van der Waals surface area contributed by atoms with Gasteiger partial charge < -0.3 is 0 Å². The van der Waals surface area contributed by atoms with Gasteiger partial charge in [0, 0.05) is 19.5 Å². The van der Waals surface area contributed by atoms with Crippen molar-refractivity contribution in [3.05, 3.63) is 35.9 Å². The van der Waals surface area contributed by atoms with Crippen molar-refractivity contribution in [2.75, 3.05) is 0 Å². The Morgan fingerprint density at radius 2 is 0.562 bits per heavy atom. The van der Waals surface area contributed by atoms with Crippen LogP contribution in [0, 0.1) is 0 Å². The van der Waals surface area contributed by atoms with E-state index in [1.807, 2.05) is 0 Å². The quantitative estimate of drug-likeness (QED) is 0.172. The molecule has 0 atom stereocenters. The van der Waals surface area contributed by atoms with Crippen LogP contribution in [-0.4, -0.2) is 34.0 Å². The van der Waals surface area contributed by atoms with E-state index in [1.165, 1.54) is 193 Å². The van der Waals surface area contributed by atoms with Gasteiger partial charge in [0.15, 0.2) is 0 Å². The van der Waals surface area contributed by atoms with Crippen LogP contribution in [0.3, 0.4) is 0 Å². The molecule has 6 fully saturated rings. The molecule has 6 aliphatic carbocycles. The maximum Gasteiger partial charge on any atom is 0 e. The van der Waals surface area contributed by atoms with Crippen LogP contribution in [0.4, 0.5) is 0 Å². The molecule has 0 amide bonds. The molecule has 6 saturated carbocycles. The molecule has 0 nitrogen and oxygen atoms in total. The average molecular weight is 823 g/mol. The summed E-state index contributed by atoms with van der Waals surface area (Å²) in [5, 5.41) is 0.486. The normalized spacial score (nSPS) is 28.4. The molecule has 0 N–H and O–H groups in total. The summed E-state index contributed by atoms with van der Waals surface area (Å²) in [6, 6.07) is 12.5. The molecule has 0 aliphatic heterocycles. The van der Waals surface area contributed by atoms with Crippen LogP contribution < -0.4 is 0 Å². The van der Waals surface area contributed by atoms with E-state index in [-0.39, 0.29) is 19.5 Å². The Balaban J connectivity index is 0.00000401. The molecule has 5 heteroatoms. The summed E-state index contributed by atoms with van der Waals surface area (Å²) >= 11 is 19.9. The first-order chi connectivity index (χ1) is 23.0. The molecule has 0 radical (unpaired) electrons. The molecule has 1 aromatic carbocycles. The van der Waals surface area contributed by atoms with Crippen molar-refractivity contribution >= 4 is 34.4 Å². The zero-order valence-electron chi connectivity index (χ0n) is 30.6. The van der Waals surface area contributed by atoms with Crippen molar-refractivity contribution in [2.45, 2.75) is 232 Å². The van der Waals surface area contributed by atoms with Crippen LogP contribution in [-0.2, 0) is 19.5 Å². The first-order valence-electron chi connectivity index (χ1n) is 21.5. The second kappa shape index (κ2) is 16.7. The van der Waals surface area contributed by atoms with E-state index in [9.17, 15) is 22.5 Å². The van der Waals surface area contributed by atoms with Gasteiger partial charge in [0.2, 0.25) is 0 Å². The van der Waals surface area contributed by atoms with E-state index >= 15 is 0 Å². The minimum atomic E-state index is -3.08. The standard InChI is InChI=1S/C43H72Cl2P2.Ru/c44-46(37-24-10-2-11-25-37,38-26-12-3-13-27-38,39-28-14-4-15-29-39)43(36-22-8-1-9-23-36)47(45,40-30-16-5-17-31-40,41-32-18-6-19-33-41)42-34-20-7-21-35-42;/h1,8-9,22-23,37-43H,2-7,10-21,24-35H2;. The summed E-state index contributed by atoms with van der Waals surface area (Å²) in [7, 11) is 0. The number of halogens is 2. The van der Waals surface area contributed by atoms with Crippen molar-refractivity contribution in [3.8, 4) is 0 Å². The van der Waals surface area contributed by atoms with Crippen LogP contribution in [0.25, 0.3) is 0 Å². The smallest absolute Gasteiger partial charge is 0 e. The van der Waals surface area contributed by atoms with Gasteiger partial charge in [0.1, 0.15) is 0 Å². The SMILES string of the molecule is ClP(C1CCCCC1)(C1CCCCC1)(C1CCCCC1)C(c1ccccc1)P(Cl)(C1CCCCC1)(C1CCCCC1)C1CCCCC1.[Ru]. The van der Waals surface area contributed by atoms with Gasteiger partial charge >= 0.3 is 302 Å². The molecule has 0 aromatic heterocycles. The second-order valence-corrected chi connectivity index (χ2v) is 33.8. The van der Waals surface area contributed by atoms with Crippen molar-refractivity contribution in [2.24, 2.45) is 0 Å². The Bertz CT molecular complexity index is 956. The third-order valence-electron chi connectivity index (χ3n) is 16.2. The van der Waals surface area contributed by atoms with E-state index < -0.39 is 11.9 Å². The number of hydrogen-bond acceptors (Lipinski definition) is 0. The summed E-state index contributed by atoms with van der Waals surface area (Å²) in [5.41, 5.74) is 6.13. The van der Waals surface area contributed by atoms with E-state index in [4.69, 9.17) is 0 Å². The third-order valence-corrected chi connectivity index (χ3v) is 41.3. The molecule has 0 unspecified atom stereocenters. The fraction of sp³-hybridized carbons (Fsp3) is 0.860. The molecular formula is C43H72Cl2P2Ru. The van der Waals surface area contributed by atoms with Gasteiger partial charge in [-0.15, -0.1) is 0 Å². The molecule has 0 bridgehead atoms. The predicted octanol–water partition coefficient (Wildman–Crippen LogP) is 16.1. The van der Waals surface area contributed by atoms with E-state index in [0.717, 1.165) is 34.0 Å². The van der Waals surface area contributed by atoms with Crippen molar-refractivity contribution in [3.63, 3.8) is 0 Å². The predicted molar refractivity (Wildman–Crippen MR) is 216 cm³/mol. The Hall–Kier alpha value is 1.28. The topological polar surface area (TPSA) is 0 Å². The van der Waals surface area contributed by atoms with Crippen molar-refractivity contribution < 1.29 is 19.5 Å². The maximum atomic E-state index is 9.95. The van der Waals surface area contributed by atoms with Crippen molar-refractivity contribution in [1.82, 2.24) is 0 Å². The number of hydrogen-bond donors (Lipinski definition) is 0. The van der Waals surface area contributed by atoms with Gasteiger partial charge in [0.25, 0.3) is 0 Å². The summed E-state index contributed by atoms with van der Waals surface area (Å²) in [5.74, 6) is -6.16. The molecule has 0 spiro atoms. The molecular weight excluding hydrogens is 750 g/mol. The Morgan fingerprint density at radius 3 is 0.771 bits per heavy atom. The van der Waals surface area contributed by atoms with Crippen molar-refractivity contribution in [1.29, 1.82) is 0 Å². The molecule has 1 aromatic rings. The third kappa shape index (κ3) is 6.45. The minimum absolute atomic E-state index is 0. The average Bonchev–Trinajstić information content (AvgIpc) is 3.17. The number of benzene rings is 1. The summed E-state index contributed by atoms with van der Waals surface area (Å²) < 4.78 is 0. The molecule has 0 heterocycles. The molecule has 0 saturated heterocycles. The van der Waals surface area contributed by atoms with Gasteiger partial charge in [-0.25, -0.2) is 0 Å². The summed E-state index contributed by atoms with van der Waals surface area (Å²) in [4.78, 5) is 0. The number of rotatable bonds is 9. The molecule has 48 heavy (non-hydrogen) atoms. The van der Waals surface area contributed by atoms with Gasteiger partial charge in [-0.2, -0.15) is 0 Å². The zero-order valence-corrected chi connectivity index (χ0v) is 35.7. The Kier molecular flexibility index (Phi) is 13.6. The fourth-order valence-corrected chi connectivity index (χ4v) is 46.4. The van der Waals surface area contributed by atoms with Crippen LogP contribution in [0.2, 0.25) is 0 Å². The summed E-state index contributed by atoms with van der Waals surface area (Å²) in [6.45, 7) is 0. The largest absolute Gasteiger partial charge is 0 e. The second-order valence-electron chi connectivity index (χ2n) is 18.1. The first kappa shape index (κ1) is 39.0. The molecule has 276 valence electrons. The summed E-state index contributed by atoms with van der Waals surface area (Å²) in [6.07, 6.45) is 42.7. The minimum Gasteiger partial charge on any atom is 0 e. The van der Waals surface area contributed by atoms with Crippen LogP contribution >= 0.6 is 34.4 Å². The van der Waals surface area contributed by atoms with Crippen LogP contribution in [0.5, 0.6) is 0 Å². The van der Waals surface area contributed by atoms with E-state index in [2.05, 4.69) is 30.3 Å². The van der Waals surface area contributed by atoms with E-state index in [0.29, 0.717) is 5.40 Å². The van der Waals surface area contributed by atoms with Gasteiger partial charge in [0.05, 0.1) is 0 Å². The Morgan fingerprint density at radius 1 is 0.354 bits per heavy atom. The van der Waals surface area contributed by atoms with Crippen LogP contribution in [0.15, 0.2) is 30.3 Å². The zero-order chi connectivity index (χ0) is 32.3. The Labute approximate surface area is 319 Å². The van der Waals surface area contributed by atoms with Gasteiger partial charge in [-0.3, -0.25) is 0 Å². The monoisotopic (exact) mass is 822 g/mol. The maximum absolute atomic E-state index is 9.95. The fourth-order valence-electron chi connectivity index (χ4n) is 14.5. The van der Waals surface area contributed by atoms with E-state index in [1.54, 1.807) is 5.56 Å². The molecule has 6 aliphatic rings. The van der Waals surface area contributed by atoms with Gasteiger partial charge in [-0.1, -0.05) is 0 Å². The van der Waals surface area contributed by atoms with Gasteiger partial charge in [-0.05, 0) is 0 Å². The molecule has 7 rings (SSSR count). The van der Waals surface area contributed by atoms with Crippen LogP contribution in [0.1, 0.15) is 204 Å².